The third-order valence-electron chi connectivity index (χ3n) is 5.28. The van der Waals surface area contributed by atoms with Crippen LogP contribution in [0.1, 0.15) is 102 Å². The van der Waals surface area contributed by atoms with Gasteiger partial charge in [0.2, 0.25) is 0 Å². The predicted molar refractivity (Wildman–Crippen MR) is 121 cm³/mol. The SMILES string of the molecule is CCCCCCCCN(CCCCCCCC)Cc1ccc(Br)c(C)c1. The molecule has 150 valence electrons. The van der Waals surface area contributed by atoms with Crippen molar-refractivity contribution in [2.24, 2.45) is 0 Å². The summed E-state index contributed by atoms with van der Waals surface area (Å²) in [6.07, 6.45) is 16.6. The van der Waals surface area contributed by atoms with Gasteiger partial charge in [0.1, 0.15) is 0 Å². The average molecular weight is 425 g/mol. The van der Waals surface area contributed by atoms with E-state index in [1.54, 1.807) is 0 Å². The summed E-state index contributed by atoms with van der Waals surface area (Å²) in [4.78, 5) is 2.70. The van der Waals surface area contributed by atoms with Gasteiger partial charge in [-0.2, -0.15) is 0 Å². The second-order valence-electron chi connectivity index (χ2n) is 7.90. The second-order valence-corrected chi connectivity index (χ2v) is 8.75. The van der Waals surface area contributed by atoms with E-state index in [4.69, 9.17) is 0 Å². The third-order valence-corrected chi connectivity index (χ3v) is 6.17. The molecule has 0 fully saturated rings. The molecule has 0 aromatic heterocycles. The van der Waals surface area contributed by atoms with Gasteiger partial charge in [-0.3, -0.25) is 4.90 Å². The van der Waals surface area contributed by atoms with Crippen LogP contribution in [0.5, 0.6) is 0 Å². The van der Waals surface area contributed by atoms with Crippen molar-refractivity contribution in [2.45, 2.75) is 104 Å². The highest BCUT2D eigenvalue weighted by Crippen LogP contribution is 2.19. The molecule has 0 heterocycles. The number of rotatable bonds is 16. The summed E-state index contributed by atoms with van der Waals surface area (Å²) in [5, 5.41) is 0. The van der Waals surface area contributed by atoms with E-state index < -0.39 is 0 Å². The van der Waals surface area contributed by atoms with Gasteiger partial charge in [0.25, 0.3) is 0 Å². The first-order valence-corrected chi connectivity index (χ1v) is 11.9. The Hall–Kier alpha value is -0.340. The van der Waals surface area contributed by atoms with E-state index in [1.807, 2.05) is 0 Å². The van der Waals surface area contributed by atoms with Crippen LogP contribution in [0, 0.1) is 6.92 Å². The maximum Gasteiger partial charge on any atom is 0.0233 e. The monoisotopic (exact) mass is 423 g/mol. The van der Waals surface area contributed by atoms with Crippen molar-refractivity contribution in [3.05, 3.63) is 33.8 Å². The van der Waals surface area contributed by atoms with E-state index in [9.17, 15) is 0 Å². The highest BCUT2D eigenvalue weighted by atomic mass is 79.9. The topological polar surface area (TPSA) is 3.24 Å². The van der Waals surface area contributed by atoms with E-state index in [2.05, 4.69) is 59.8 Å². The lowest BCUT2D eigenvalue weighted by Gasteiger charge is -2.23. The fraction of sp³-hybridized carbons (Fsp3) is 0.750. The van der Waals surface area contributed by atoms with Gasteiger partial charge < -0.3 is 0 Å². The first-order valence-electron chi connectivity index (χ1n) is 11.1. The first kappa shape index (κ1) is 23.7. The zero-order valence-corrected chi connectivity index (χ0v) is 19.2. The Morgan fingerprint density at radius 1 is 0.731 bits per heavy atom. The number of nitrogens with zero attached hydrogens (tertiary/aromatic N) is 1. The molecule has 0 spiro atoms. The summed E-state index contributed by atoms with van der Waals surface area (Å²) in [5.74, 6) is 0. The van der Waals surface area contributed by atoms with Crippen molar-refractivity contribution in [1.82, 2.24) is 4.90 Å². The van der Waals surface area contributed by atoms with E-state index >= 15 is 0 Å². The molecule has 1 aromatic rings. The molecule has 26 heavy (non-hydrogen) atoms. The molecule has 0 saturated carbocycles. The van der Waals surface area contributed by atoms with Gasteiger partial charge in [0.05, 0.1) is 0 Å². The van der Waals surface area contributed by atoms with E-state index in [-0.39, 0.29) is 0 Å². The third kappa shape index (κ3) is 11.4. The smallest absolute Gasteiger partial charge is 0.0233 e. The van der Waals surface area contributed by atoms with Crippen LogP contribution < -0.4 is 0 Å². The molecule has 0 N–H and O–H groups in total. The minimum atomic E-state index is 1.11. The molecule has 1 rings (SSSR count). The summed E-state index contributed by atoms with van der Waals surface area (Å²) >= 11 is 3.63. The van der Waals surface area contributed by atoms with Crippen LogP contribution in [0.25, 0.3) is 0 Å². The number of unbranched alkanes of at least 4 members (excludes halogenated alkanes) is 10. The van der Waals surface area contributed by atoms with Crippen molar-refractivity contribution >= 4 is 15.9 Å². The summed E-state index contributed by atoms with van der Waals surface area (Å²) in [5.41, 5.74) is 2.81. The molecule has 0 amide bonds. The maximum atomic E-state index is 3.63. The van der Waals surface area contributed by atoms with Crippen molar-refractivity contribution in [1.29, 1.82) is 0 Å². The maximum absolute atomic E-state index is 3.63. The Kier molecular flexibility index (Phi) is 14.3. The fourth-order valence-corrected chi connectivity index (χ4v) is 3.81. The van der Waals surface area contributed by atoms with Crippen molar-refractivity contribution in [3.8, 4) is 0 Å². The van der Waals surface area contributed by atoms with Crippen LogP contribution in [0.4, 0.5) is 0 Å². The lowest BCUT2D eigenvalue weighted by Crippen LogP contribution is -2.25. The van der Waals surface area contributed by atoms with Crippen LogP contribution in [0.15, 0.2) is 22.7 Å². The Balaban J connectivity index is 2.39. The average Bonchev–Trinajstić information content (AvgIpc) is 2.63. The summed E-state index contributed by atoms with van der Waals surface area (Å²) < 4.78 is 1.22. The Labute approximate surface area is 172 Å². The minimum absolute atomic E-state index is 1.11. The first-order chi connectivity index (χ1) is 12.7. The molecule has 0 unspecified atom stereocenters. The summed E-state index contributed by atoms with van der Waals surface area (Å²) in [7, 11) is 0. The number of aryl methyl sites for hydroxylation is 1. The molecule has 0 radical (unpaired) electrons. The highest BCUT2D eigenvalue weighted by molar-refractivity contribution is 9.10. The predicted octanol–water partition coefficient (Wildman–Crippen LogP) is 8.28. The number of halogens is 1. The van der Waals surface area contributed by atoms with Crippen LogP contribution >= 0.6 is 15.9 Å². The largest absolute Gasteiger partial charge is 0.299 e. The molecule has 0 aliphatic carbocycles. The van der Waals surface area contributed by atoms with Crippen LogP contribution in [-0.2, 0) is 6.54 Å². The fourth-order valence-electron chi connectivity index (χ4n) is 3.56. The number of hydrogen-bond donors (Lipinski definition) is 0. The van der Waals surface area contributed by atoms with Crippen LogP contribution in [0.3, 0.4) is 0 Å². The van der Waals surface area contributed by atoms with Gasteiger partial charge in [0.15, 0.2) is 0 Å². The number of benzene rings is 1. The standard InChI is InChI=1S/C24H42BrN/c1-4-6-8-10-12-14-18-26(19-15-13-11-9-7-5-2)21-23-16-17-24(25)22(3)20-23/h16-17,20H,4-15,18-19,21H2,1-3H3. The van der Waals surface area contributed by atoms with Crippen LogP contribution in [-0.4, -0.2) is 18.0 Å². The second kappa shape index (κ2) is 15.7. The van der Waals surface area contributed by atoms with Crippen LogP contribution in [0.2, 0.25) is 0 Å². The van der Waals surface area contributed by atoms with Gasteiger partial charge in [-0.25, -0.2) is 0 Å². The van der Waals surface area contributed by atoms with E-state index in [0.29, 0.717) is 0 Å². The zero-order valence-electron chi connectivity index (χ0n) is 17.7. The quantitative estimate of drug-likeness (QED) is 0.241. The zero-order chi connectivity index (χ0) is 19.0. The molecule has 0 aliphatic heterocycles. The normalized spacial score (nSPS) is 11.4. The summed E-state index contributed by atoms with van der Waals surface area (Å²) in [6.45, 7) is 10.4. The Morgan fingerprint density at radius 2 is 1.23 bits per heavy atom. The molecule has 0 saturated heterocycles. The molecule has 0 atom stereocenters. The highest BCUT2D eigenvalue weighted by Gasteiger charge is 2.07. The lowest BCUT2D eigenvalue weighted by molar-refractivity contribution is 0.252. The number of hydrogen-bond acceptors (Lipinski definition) is 1. The molecule has 2 heteroatoms. The van der Waals surface area contributed by atoms with Crippen molar-refractivity contribution < 1.29 is 0 Å². The summed E-state index contributed by atoms with van der Waals surface area (Å²) in [6, 6.07) is 6.84. The van der Waals surface area contributed by atoms with Gasteiger partial charge in [-0.05, 0) is 50.0 Å². The Morgan fingerprint density at radius 3 is 1.73 bits per heavy atom. The van der Waals surface area contributed by atoms with Gasteiger partial charge >= 0.3 is 0 Å². The van der Waals surface area contributed by atoms with Crippen molar-refractivity contribution in [3.63, 3.8) is 0 Å². The lowest BCUT2D eigenvalue weighted by atomic mass is 10.1. The molecular weight excluding hydrogens is 382 g/mol. The minimum Gasteiger partial charge on any atom is -0.299 e. The van der Waals surface area contributed by atoms with Gasteiger partial charge in [0, 0.05) is 11.0 Å². The van der Waals surface area contributed by atoms with Crippen molar-refractivity contribution in [2.75, 3.05) is 13.1 Å². The molecule has 0 aliphatic rings. The van der Waals surface area contributed by atoms with Gasteiger partial charge in [-0.1, -0.05) is 106 Å². The Bertz CT molecular complexity index is 442. The van der Waals surface area contributed by atoms with E-state index in [0.717, 1.165) is 6.54 Å². The van der Waals surface area contributed by atoms with Gasteiger partial charge in [-0.15, -0.1) is 0 Å². The molecule has 1 aromatic carbocycles. The molecular formula is C24H42BrN. The molecule has 0 bridgehead atoms. The van der Waals surface area contributed by atoms with E-state index in [1.165, 1.54) is 106 Å². The molecule has 1 nitrogen and oxygen atoms in total.